The molecule has 0 amide bonds. The van der Waals surface area contributed by atoms with Gasteiger partial charge in [0.15, 0.2) is 0 Å². The summed E-state index contributed by atoms with van der Waals surface area (Å²) in [6, 6.07) is 15.1. The molecule has 5 N–H and O–H groups in total. The van der Waals surface area contributed by atoms with E-state index in [1.165, 1.54) is 5.56 Å². The van der Waals surface area contributed by atoms with Crippen molar-refractivity contribution in [1.29, 1.82) is 0 Å². The molecule has 4 rings (SSSR count). The van der Waals surface area contributed by atoms with Crippen LogP contribution >= 0.6 is 0 Å². The first kappa shape index (κ1) is 21.1. The van der Waals surface area contributed by atoms with Gasteiger partial charge >= 0.3 is 0 Å². The van der Waals surface area contributed by atoms with Crippen LogP contribution in [0.3, 0.4) is 0 Å². The zero-order valence-electron chi connectivity index (χ0n) is 18.5. The molecule has 0 radical (unpaired) electrons. The van der Waals surface area contributed by atoms with Crippen molar-refractivity contribution >= 4 is 22.6 Å². The monoisotopic (exact) mass is 417 g/mol. The second-order valence-electron chi connectivity index (χ2n) is 9.17. The van der Waals surface area contributed by atoms with E-state index in [1.54, 1.807) is 6.33 Å². The molecule has 2 heterocycles. The number of aromatic nitrogens is 2. The van der Waals surface area contributed by atoms with Crippen LogP contribution in [0.15, 0.2) is 53.9 Å². The first-order valence-corrected chi connectivity index (χ1v) is 10.8. The van der Waals surface area contributed by atoms with Gasteiger partial charge < -0.3 is 16.2 Å². The van der Waals surface area contributed by atoms with E-state index in [0.717, 1.165) is 53.8 Å². The number of nitrogens with zero attached hydrogens (tertiary/aromatic N) is 4. The maximum absolute atomic E-state index is 5.63. The number of hydrazine groups is 1. The highest BCUT2D eigenvalue weighted by Gasteiger charge is 2.27. The minimum Gasteiger partial charge on any atom is -0.355 e. The van der Waals surface area contributed by atoms with Crippen LogP contribution < -0.4 is 22.0 Å². The molecule has 31 heavy (non-hydrogen) atoms. The van der Waals surface area contributed by atoms with Crippen molar-refractivity contribution in [3.63, 3.8) is 0 Å². The van der Waals surface area contributed by atoms with E-state index < -0.39 is 0 Å². The van der Waals surface area contributed by atoms with Crippen molar-refractivity contribution in [3.05, 3.63) is 54.4 Å². The fourth-order valence-electron chi connectivity index (χ4n) is 4.38. The second-order valence-corrected chi connectivity index (χ2v) is 9.17. The van der Waals surface area contributed by atoms with Gasteiger partial charge in [-0.2, -0.15) is 5.10 Å². The van der Waals surface area contributed by atoms with Gasteiger partial charge in [0.1, 0.15) is 18.0 Å². The number of hydrazone groups is 1. The van der Waals surface area contributed by atoms with Crippen LogP contribution in [0.2, 0.25) is 0 Å². The molecule has 1 atom stereocenters. The van der Waals surface area contributed by atoms with E-state index in [0.29, 0.717) is 5.84 Å². The SMILES string of the molecule is CC(C)(C)c1ccc(-c2cccc3ncnc(N4CCCC(/C(=N/N)NN)C4)c23)cc1. The number of fused-ring (bicyclic) bond motifs is 1. The number of hydrogen-bond acceptors (Lipinski definition) is 6. The lowest BCUT2D eigenvalue weighted by Crippen LogP contribution is -2.46. The number of nitrogens with one attached hydrogen (secondary N) is 1. The Labute approximate surface area is 183 Å². The third-order valence-electron chi connectivity index (χ3n) is 6.10. The summed E-state index contributed by atoms with van der Waals surface area (Å²) in [5.74, 6) is 12.9. The maximum atomic E-state index is 5.63. The average Bonchev–Trinajstić information content (AvgIpc) is 2.79. The lowest BCUT2D eigenvalue weighted by molar-refractivity contribution is 0.494. The summed E-state index contributed by atoms with van der Waals surface area (Å²) >= 11 is 0. The molecule has 1 saturated heterocycles. The molecule has 0 saturated carbocycles. The van der Waals surface area contributed by atoms with Crippen LogP contribution in [-0.4, -0.2) is 28.9 Å². The maximum Gasteiger partial charge on any atom is 0.140 e. The molecule has 1 aromatic heterocycles. The third kappa shape index (κ3) is 4.18. The van der Waals surface area contributed by atoms with E-state index in [4.69, 9.17) is 16.7 Å². The van der Waals surface area contributed by atoms with Crippen molar-refractivity contribution < 1.29 is 0 Å². The van der Waals surface area contributed by atoms with Gasteiger partial charge in [0, 0.05) is 19.0 Å². The number of anilines is 1. The van der Waals surface area contributed by atoms with E-state index in [-0.39, 0.29) is 11.3 Å². The Morgan fingerprint density at radius 2 is 1.90 bits per heavy atom. The minimum atomic E-state index is 0.119. The molecule has 0 aliphatic carbocycles. The quantitative estimate of drug-likeness (QED) is 0.260. The summed E-state index contributed by atoms with van der Waals surface area (Å²) in [7, 11) is 0. The molecule has 1 aliphatic rings. The largest absolute Gasteiger partial charge is 0.355 e. The summed E-state index contributed by atoms with van der Waals surface area (Å²) in [4.78, 5) is 11.6. The Hall–Kier alpha value is -3.19. The van der Waals surface area contributed by atoms with Crippen LogP contribution in [0.4, 0.5) is 5.82 Å². The van der Waals surface area contributed by atoms with Gasteiger partial charge in [-0.15, -0.1) is 0 Å². The molecule has 1 unspecified atom stereocenters. The molecule has 7 heteroatoms. The molecule has 1 fully saturated rings. The van der Waals surface area contributed by atoms with Crippen molar-refractivity contribution in [1.82, 2.24) is 15.4 Å². The molecule has 0 bridgehead atoms. The second kappa shape index (κ2) is 8.51. The van der Waals surface area contributed by atoms with Crippen molar-refractivity contribution in [2.24, 2.45) is 22.7 Å². The van der Waals surface area contributed by atoms with Crippen LogP contribution in [0.25, 0.3) is 22.0 Å². The van der Waals surface area contributed by atoms with E-state index in [2.05, 4.69) is 77.6 Å². The first-order valence-electron chi connectivity index (χ1n) is 10.8. The Balaban J connectivity index is 1.78. The van der Waals surface area contributed by atoms with Crippen LogP contribution in [0, 0.1) is 5.92 Å². The topological polar surface area (TPSA) is 105 Å². The van der Waals surface area contributed by atoms with Gasteiger partial charge in [0.25, 0.3) is 0 Å². The van der Waals surface area contributed by atoms with E-state index in [1.807, 2.05) is 6.07 Å². The van der Waals surface area contributed by atoms with E-state index >= 15 is 0 Å². The Bertz CT molecular complexity index is 1080. The van der Waals surface area contributed by atoms with Crippen LogP contribution in [-0.2, 0) is 5.41 Å². The third-order valence-corrected chi connectivity index (χ3v) is 6.10. The molecule has 162 valence electrons. The summed E-state index contributed by atoms with van der Waals surface area (Å²) in [6.45, 7) is 8.36. The van der Waals surface area contributed by atoms with Crippen molar-refractivity contribution in [2.75, 3.05) is 18.0 Å². The predicted molar refractivity (Wildman–Crippen MR) is 128 cm³/mol. The standard InChI is InChI=1S/C24H31N7/c1-24(2,3)18-11-9-16(10-12-18)19-7-4-8-20-21(19)23(28-15-27-20)31-13-5-6-17(14-31)22(29-25)30-26/h4,7-12,15,17H,5-6,13-14,25-26H2,1-3H3,(H,29,30). The van der Waals surface area contributed by atoms with Gasteiger partial charge in [-0.1, -0.05) is 57.2 Å². The molecule has 2 aromatic carbocycles. The molecular weight excluding hydrogens is 386 g/mol. The molecule has 3 aromatic rings. The van der Waals surface area contributed by atoms with Gasteiger partial charge in [0.2, 0.25) is 0 Å². The summed E-state index contributed by atoms with van der Waals surface area (Å²) < 4.78 is 0. The van der Waals surface area contributed by atoms with Crippen molar-refractivity contribution in [2.45, 2.75) is 39.0 Å². The van der Waals surface area contributed by atoms with Gasteiger partial charge in [-0.25, -0.2) is 15.8 Å². The number of piperidine rings is 1. The Morgan fingerprint density at radius 1 is 1.13 bits per heavy atom. The number of nitrogens with two attached hydrogens (primary N) is 2. The van der Waals surface area contributed by atoms with Gasteiger partial charge in [-0.3, -0.25) is 0 Å². The van der Waals surface area contributed by atoms with Gasteiger partial charge in [0.05, 0.1) is 10.9 Å². The fraction of sp³-hybridized carbons (Fsp3) is 0.375. The highest BCUT2D eigenvalue weighted by Crippen LogP contribution is 2.36. The molecule has 7 nitrogen and oxygen atoms in total. The molecule has 0 spiro atoms. The fourth-order valence-corrected chi connectivity index (χ4v) is 4.38. The first-order chi connectivity index (χ1) is 14.9. The highest BCUT2D eigenvalue weighted by molar-refractivity contribution is 6.02. The minimum absolute atomic E-state index is 0.119. The van der Waals surface area contributed by atoms with Crippen LogP contribution in [0.5, 0.6) is 0 Å². The molecule has 1 aliphatic heterocycles. The highest BCUT2D eigenvalue weighted by atomic mass is 15.3. The zero-order chi connectivity index (χ0) is 22.0. The lowest BCUT2D eigenvalue weighted by atomic mass is 9.86. The van der Waals surface area contributed by atoms with E-state index in [9.17, 15) is 0 Å². The Morgan fingerprint density at radius 3 is 2.58 bits per heavy atom. The lowest BCUT2D eigenvalue weighted by Gasteiger charge is -2.34. The average molecular weight is 418 g/mol. The van der Waals surface area contributed by atoms with Gasteiger partial charge in [-0.05, 0) is 41.0 Å². The smallest absolute Gasteiger partial charge is 0.140 e. The normalized spacial score (nSPS) is 17.7. The summed E-state index contributed by atoms with van der Waals surface area (Å²) in [5, 5.41) is 4.91. The Kier molecular flexibility index (Phi) is 5.78. The predicted octanol–water partition coefficient (Wildman–Crippen LogP) is 3.55. The number of amidine groups is 1. The number of hydrogen-bond donors (Lipinski definition) is 3. The van der Waals surface area contributed by atoms with Crippen LogP contribution in [0.1, 0.15) is 39.2 Å². The zero-order valence-corrected chi connectivity index (χ0v) is 18.5. The number of rotatable bonds is 3. The van der Waals surface area contributed by atoms with Crippen molar-refractivity contribution in [3.8, 4) is 11.1 Å². The summed E-state index contributed by atoms with van der Waals surface area (Å²) in [5.41, 5.74) is 7.33. The number of benzene rings is 2. The summed E-state index contributed by atoms with van der Waals surface area (Å²) in [6.07, 6.45) is 3.65. The molecular formula is C24H31N7.